The maximum absolute atomic E-state index is 12.2. The zero-order valence-electron chi connectivity index (χ0n) is 9.43. The minimum absolute atomic E-state index is 0.159. The van der Waals surface area contributed by atoms with Crippen LogP contribution >= 0.6 is 0 Å². The molecule has 0 spiro atoms. The van der Waals surface area contributed by atoms with Gasteiger partial charge in [0.2, 0.25) is 0 Å². The van der Waals surface area contributed by atoms with Crippen molar-refractivity contribution in [2.75, 3.05) is 7.11 Å². The quantitative estimate of drug-likeness (QED) is 0.638. The standard InChI is InChI=1S/C12H10N2O3/c1-14-8-6-4-3-5-7(8)10-9(11(14)15)12(16-2)17-13-10/h3-6H,1-2H3. The molecule has 0 amide bonds. The van der Waals surface area contributed by atoms with E-state index in [9.17, 15) is 4.79 Å². The number of methoxy groups -OCH3 is 1. The predicted octanol–water partition coefficient (Wildman–Crippen LogP) is 1.69. The number of para-hydroxylation sites is 1. The number of ether oxygens (including phenoxy) is 1. The van der Waals surface area contributed by atoms with E-state index < -0.39 is 0 Å². The van der Waals surface area contributed by atoms with Gasteiger partial charge in [-0.05, 0) is 6.07 Å². The number of nitrogens with zero attached hydrogens (tertiary/aromatic N) is 2. The van der Waals surface area contributed by atoms with E-state index in [1.165, 1.54) is 7.11 Å². The highest BCUT2D eigenvalue weighted by Gasteiger charge is 2.17. The molecular weight excluding hydrogens is 220 g/mol. The zero-order valence-corrected chi connectivity index (χ0v) is 9.43. The van der Waals surface area contributed by atoms with Gasteiger partial charge in [-0.3, -0.25) is 4.79 Å². The number of aromatic nitrogens is 2. The van der Waals surface area contributed by atoms with Crippen LogP contribution < -0.4 is 10.3 Å². The molecule has 2 aromatic heterocycles. The highest BCUT2D eigenvalue weighted by atomic mass is 16.6. The highest BCUT2D eigenvalue weighted by Crippen LogP contribution is 2.27. The van der Waals surface area contributed by atoms with E-state index >= 15 is 0 Å². The summed E-state index contributed by atoms with van der Waals surface area (Å²) in [5.41, 5.74) is 1.19. The molecule has 3 aromatic rings. The highest BCUT2D eigenvalue weighted by molar-refractivity contribution is 6.04. The van der Waals surface area contributed by atoms with Crippen molar-refractivity contribution in [1.29, 1.82) is 0 Å². The number of hydrogen-bond donors (Lipinski definition) is 0. The molecule has 2 heterocycles. The molecule has 0 fully saturated rings. The van der Waals surface area contributed by atoms with Gasteiger partial charge in [0, 0.05) is 12.4 Å². The van der Waals surface area contributed by atoms with Crippen molar-refractivity contribution >= 4 is 21.8 Å². The molecule has 0 saturated heterocycles. The Labute approximate surface area is 96.2 Å². The van der Waals surface area contributed by atoms with Crippen molar-refractivity contribution in [2.45, 2.75) is 0 Å². The van der Waals surface area contributed by atoms with Crippen LogP contribution in [0, 0.1) is 0 Å². The van der Waals surface area contributed by atoms with Crippen molar-refractivity contribution in [1.82, 2.24) is 9.72 Å². The average Bonchev–Trinajstić information content (AvgIpc) is 2.80. The molecular formula is C12H10N2O3. The number of pyridine rings is 1. The molecule has 0 atom stereocenters. The van der Waals surface area contributed by atoms with Gasteiger partial charge >= 0.3 is 5.95 Å². The summed E-state index contributed by atoms with van der Waals surface area (Å²) < 4.78 is 11.6. The lowest BCUT2D eigenvalue weighted by Gasteiger charge is -2.04. The Balaban J connectivity index is 2.67. The summed E-state index contributed by atoms with van der Waals surface area (Å²) in [5.74, 6) is 0.159. The fourth-order valence-corrected chi connectivity index (χ4v) is 2.03. The van der Waals surface area contributed by atoms with Crippen LogP contribution in [0.15, 0.2) is 33.6 Å². The van der Waals surface area contributed by atoms with Crippen LogP contribution in [-0.2, 0) is 7.05 Å². The summed E-state index contributed by atoms with van der Waals surface area (Å²) in [6.07, 6.45) is 0. The lowest BCUT2D eigenvalue weighted by molar-refractivity contribution is 0.265. The second kappa shape index (κ2) is 3.35. The molecule has 5 heteroatoms. The summed E-state index contributed by atoms with van der Waals surface area (Å²) in [6.45, 7) is 0. The summed E-state index contributed by atoms with van der Waals surface area (Å²) in [7, 11) is 3.17. The SMILES string of the molecule is COc1onc2c1c(=O)n(C)c1ccccc21. The van der Waals surface area contributed by atoms with Crippen LogP contribution in [0.25, 0.3) is 21.8 Å². The third-order valence-corrected chi connectivity index (χ3v) is 2.89. The van der Waals surface area contributed by atoms with Gasteiger partial charge in [0.1, 0.15) is 5.52 Å². The van der Waals surface area contributed by atoms with Crippen LogP contribution in [0.1, 0.15) is 0 Å². The van der Waals surface area contributed by atoms with E-state index in [0.717, 1.165) is 10.9 Å². The summed E-state index contributed by atoms with van der Waals surface area (Å²) >= 11 is 0. The lowest BCUT2D eigenvalue weighted by Crippen LogP contribution is -2.17. The molecule has 5 nitrogen and oxygen atoms in total. The maximum atomic E-state index is 12.2. The maximum Gasteiger partial charge on any atom is 0.324 e. The number of aryl methyl sites for hydroxylation is 1. The Hall–Kier alpha value is -2.30. The van der Waals surface area contributed by atoms with Crippen molar-refractivity contribution < 1.29 is 9.26 Å². The summed E-state index contributed by atoms with van der Waals surface area (Å²) in [5, 5.41) is 5.16. The molecule has 0 bridgehead atoms. The van der Waals surface area contributed by atoms with Crippen molar-refractivity contribution in [2.24, 2.45) is 7.05 Å². The van der Waals surface area contributed by atoms with Crippen LogP contribution in [0.4, 0.5) is 0 Å². The van der Waals surface area contributed by atoms with Crippen molar-refractivity contribution in [3.8, 4) is 5.95 Å². The van der Waals surface area contributed by atoms with Gasteiger partial charge in [-0.1, -0.05) is 23.4 Å². The number of hydrogen-bond acceptors (Lipinski definition) is 4. The smallest absolute Gasteiger partial charge is 0.324 e. The fourth-order valence-electron chi connectivity index (χ4n) is 2.03. The van der Waals surface area contributed by atoms with E-state index in [2.05, 4.69) is 5.16 Å². The minimum atomic E-state index is -0.170. The molecule has 86 valence electrons. The molecule has 0 N–H and O–H groups in total. The van der Waals surface area contributed by atoms with E-state index in [0.29, 0.717) is 10.9 Å². The Kier molecular flexibility index (Phi) is 1.95. The normalized spacial score (nSPS) is 11.2. The number of rotatable bonds is 1. The Morgan fingerprint density at radius 2 is 2.12 bits per heavy atom. The monoisotopic (exact) mass is 230 g/mol. The first kappa shape index (κ1) is 9.89. The Bertz CT molecular complexity index is 770. The molecule has 3 rings (SSSR count). The van der Waals surface area contributed by atoms with Gasteiger partial charge in [0.25, 0.3) is 5.56 Å². The third-order valence-electron chi connectivity index (χ3n) is 2.89. The van der Waals surface area contributed by atoms with Gasteiger partial charge in [-0.15, -0.1) is 0 Å². The average molecular weight is 230 g/mol. The zero-order chi connectivity index (χ0) is 12.0. The largest absolute Gasteiger partial charge is 0.467 e. The van der Waals surface area contributed by atoms with Crippen LogP contribution in [-0.4, -0.2) is 16.8 Å². The molecule has 1 aromatic carbocycles. The second-order valence-corrected chi connectivity index (χ2v) is 3.78. The lowest BCUT2D eigenvalue weighted by atomic mass is 10.1. The first-order valence-electron chi connectivity index (χ1n) is 5.15. The molecule has 0 unspecified atom stereocenters. The van der Waals surface area contributed by atoms with Crippen LogP contribution in [0.5, 0.6) is 5.95 Å². The fraction of sp³-hybridized carbons (Fsp3) is 0.167. The third kappa shape index (κ3) is 1.19. The molecule has 0 aliphatic carbocycles. The summed E-state index contributed by atoms with van der Waals surface area (Å²) in [4.78, 5) is 12.2. The van der Waals surface area contributed by atoms with Gasteiger partial charge in [0.15, 0.2) is 5.39 Å². The minimum Gasteiger partial charge on any atom is -0.467 e. The van der Waals surface area contributed by atoms with E-state index in [1.807, 2.05) is 24.3 Å². The molecule has 0 saturated carbocycles. The van der Waals surface area contributed by atoms with E-state index in [-0.39, 0.29) is 11.5 Å². The molecule has 0 aliphatic heterocycles. The van der Waals surface area contributed by atoms with Crippen molar-refractivity contribution in [3.63, 3.8) is 0 Å². The number of benzene rings is 1. The summed E-state index contributed by atoms with van der Waals surface area (Å²) in [6, 6.07) is 7.55. The first-order chi connectivity index (χ1) is 8.24. The van der Waals surface area contributed by atoms with Crippen LogP contribution in [0.2, 0.25) is 0 Å². The molecule has 17 heavy (non-hydrogen) atoms. The van der Waals surface area contributed by atoms with E-state index in [4.69, 9.17) is 9.26 Å². The predicted molar refractivity (Wildman–Crippen MR) is 63.3 cm³/mol. The van der Waals surface area contributed by atoms with Gasteiger partial charge in [0.05, 0.1) is 12.6 Å². The topological polar surface area (TPSA) is 57.3 Å². The Morgan fingerprint density at radius 3 is 2.88 bits per heavy atom. The van der Waals surface area contributed by atoms with Gasteiger partial charge in [-0.2, -0.15) is 0 Å². The first-order valence-corrected chi connectivity index (χ1v) is 5.15. The van der Waals surface area contributed by atoms with Gasteiger partial charge in [-0.25, -0.2) is 0 Å². The van der Waals surface area contributed by atoms with E-state index in [1.54, 1.807) is 11.6 Å². The molecule has 0 radical (unpaired) electrons. The second-order valence-electron chi connectivity index (χ2n) is 3.78. The Morgan fingerprint density at radius 1 is 1.35 bits per heavy atom. The van der Waals surface area contributed by atoms with Gasteiger partial charge < -0.3 is 13.8 Å². The number of fused-ring (bicyclic) bond motifs is 3. The molecule has 0 aliphatic rings. The van der Waals surface area contributed by atoms with Crippen LogP contribution in [0.3, 0.4) is 0 Å². The van der Waals surface area contributed by atoms with Crippen molar-refractivity contribution in [3.05, 3.63) is 34.6 Å².